The first kappa shape index (κ1) is 17.6. The van der Waals surface area contributed by atoms with Crippen molar-refractivity contribution >= 4 is 11.9 Å². The molecule has 2 heterocycles. The summed E-state index contributed by atoms with van der Waals surface area (Å²) in [7, 11) is 0. The largest absolute Gasteiger partial charge is 0.481 e. The van der Waals surface area contributed by atoms with Crippen molar-refractivity contribution in [2.24, 2.45) is 5.41 Å². The molecule has 1 saturated heterocycles. The van der Waals surface area contributed by atoms with Gasteiger partial charge < -0.3 is 19.5 Å². The van der Waals surface area contributed by atoms with E-state index in [1.54, 1.807) is 0 Å². The molecule has 1 fully saturated rings. The highest BCUT2D eigenvalue weighted by Crippen LogP contribution is 2.37. The molecule has 6 nitrogen and oxygen atoms in total. The fourth-order valence-electron chi connectivity index (χ4n) is 3.67. The molecule has 3 rings (SSSR count). The number of unbranched alkanes of at least 4 members (excludes halogenated alkanes) is 1. The van der Waals surface area contributed by atoms with Gasteiger partial charge in [0.15, 0.2) is 11.5 Å². The Bertz CT molecular complexity index is 659. The summed E-state index contributed by atoms with van der Waals surface area (Å²) in [6.45, 7) is 3.85. The molecule has 1 aromatic carbocycles. The van der Waals surface area contributed by atoms with Crippen molar-refractivity contribution in [3.8, 4) is 11.5 Å². The van der Waals surface area contributed by atoms with Crippen LogP contribution < -0.4 is 9.47 Å². The number of amides is 1. The predicted octanol–water partition coefficient (Wildman–Crippen LogP) is 2.84. The van der Waals surface area contributed by atoms with Crippen molar-refractivity contribution in [1.29, 1.82) is 0 Å². The van der Waals surface area contributed by atoms with Crippen LogP contribution in [0.1, 0.15) is 44.6 Å². The standard InChI is InChI=1S/C19H25NO5/c1-19(11-14-5-6-15-16(10-14)25-13-24-15)8-7-17(21)20(12-19)9-3-2-4-18(22)23/h5-6,10H,2-4,7-9,11-13H2,1H3,(H,22,23)/t19-/m0/s1. The maximum atomic E-state index is 12.2. The number of carbonyl (C=O) groups excluding carboxylic acids is 1. The van der Waals surface area contributed by atoms with Gasteiger partial charge in [-0.3, -0.25) is 9.59 Å². The van der Waals surface area contributed by atoms with E-state index in [9.17, 15) is 9.59 Å². The topological polar surface area (TPSA) is 76.1 Å². The van der Waals surface area contributed by atoms with Gasteiger partial charge in [0.25, 0.3) is 0 Å². The van der Waals surface area contributed by atoms with Crippen molar-refractivity contribution in [2.45, 2.75) is 45.4 Å². The van der Waals surface area contributed by atoms with E-state index >= 15 is 0 Å². The van der Waals surface area contributed by atoms with Crippen LogP contribution in [0.25, 0.3) is 0 Å². The second-order valence-corrected chi connectivity index (χ2v) is 7.34. The Labute approximate surface area is 147 Å². The Morgan fingerprint density at radius 1 is 1.28 bits per heavy atom. The van der Waals surface area contributed by atoms with E-state index in [1.165, 1.54) is 5.56 Å². The normalized spacial score (nSPS) is 22.3. The molecule has 1 aromatic rings. The van der Waals surface area contributed by atoms with E-state index < -0.39 is 5.97 Å². The Balaban J connectivity index is 1.58. The van der Waals surface area contributed by atoms with Crippen LogP contribution in [0.3, 0.4) is 0 Å². The first-order valence-corrected chi connectivity index (χ1v) is 8.83. The third-order valence-corrected chi connectivity index (χ3v) is 5.00. The van der Waals surface area contributed by atoms with E-state index in [-0.39, 0.29) is 24.5 Å². The predicted molar refractivity (Wildman–Crippen MR) is 91.7 cm³/mol. The van der Waals surface area contributed by atoms with Crippen LogP contribution in [0.5, 0.6) is 11.5 Å². The zero-order valence-corrected chi connectivity index (χ0v) is 14.6. The number of carboxylic acid groups (broad SMARTS) is 1. The molecule has 1 atom stereocenters. The van der Waals surface area contributed by atoms with Gasteiger partial charge in [0.2, 0.25) is 12.7 Å². The zero-order valence-electron chi connectivity index (χ0n) is 14.6. The number of fused-ring (bicyclic) bond motifs is 1. The smallest absolute Gasteiger partial charge is 0.303 e. The lowest BCUT2D eigenvalue weighted by molar-refractivity contribution is -0.137. The van der Waals surface area contributed by atoms with E-state index in [0.29, 0.717) is 25.9 Å². The minimum absolute atomic E-state index is 0.0222. The van der Waals surface area contributed by atoms with Crippen LogP contribution in [-0.4, -0.2) is 41.8 Å². The van der Waals surface area contributed by atoms with Gasteiger partial charge in [0.05, 0.1) is 0 Å². The van der Waals surface area contributed by atoms with Gasteiger partial charge in [-0.25, -0.2) is 0 Å². The van der Waals surface area contributed by atoms with Gasteiger partial charge in [0.1, 0.15) is 0 Å². The van der Waals surface area contributed by atoms with Crippen LogP contribution in [0.2, 0.25) is 0 Å². The minimum Gasteiger partial charge on any atom is -0.481 e. The number of piperidine rings is 1. The number of likely N-dealkylation sites (tertiary alicyclic amines) is 1. The second-order valence-electron chi connectivity index (χ2n) is 7.34. The molecule has 1 amide bonds. The fraction of sp³-hybridized carbons (Fsp3) is 0.579. The van der Waals surface area contributed by atoms with Crippen molar-refractivity contribution in [1.82, 2.24) is 4.90 Å². The van der Waals surface area contributed by atoms with Crippen LogP contribution in [0.15, 0.2) is 18.2 Å². The van der Waals surface area contributed by atoms with Crippen molar-refractivity contribution in [3.05, 3.63) is 23.8 Å². The lowest BCUT2D eigenvalue weighted by Gasteiger charge is -2.40. The van der Waals surface area contributed by atoms with E-state index in [4.69, 9.17) is 14.6 Å². The Morgan fingerprint density at radius 3 is 2.88 bits per heavy atom. The van der Waals surface area contributed by atoms with E-state index in [0.717, 1.165) is 30.8 Å². The molecule has 0 spiro atoms. The quantitative estimate of drug-likeness (QED) is 0.768. The van der Waals surface area contributed by atoms with Gasteiger partial charge in [-0.1, -0.05) is 13.0 Å². The van der Waals surface area contributed by atoms with Crippen LogP contribution in [0, 0.1) is 5.41 Å². The van der Waals surface area contributed by atoms with Crippen molar-refractivity contribution < 1.29 is 24.2 Å². The number of rotatable bonds is 7. The number of carbonyl (C=O) groups is 2. The van der Waals surface area contributed by atoms with Crippen LogP contribution >= 0.6 is 0 Å². The summed E-state index contributed by atoms with van der Waals surface area (Å²) in [6, 6.07) is 6.03. The summed E-state index contributed by atoms with van der Waals surface area (Å²) in [5, 5.41) is 8.72. The van der Waals surface area contributed by atoms with Gasteiger partial charge >= 0.3 is 5.97 Å². The maximum Gasteiger partial charge on any atom is 0.303 e. The van der Waals surface area contributed by atoms with Gasteiger partial charge in [-0.2, -0.15) is 0 Å². The highest BCUT2D eigenvalue weighted by atomic mass is 16.7. The monoisotopic (exact) mass is 347 g/mol. The molecule has 0 saturated carbocycles. The first-order valence-electron chi connectivity index (χ1n) is 8.83. The molecule has 136 valence electrons. The zero-order chi connectivity index (χ0) is 17.9. The second kappa shape index (κ2) is 7.33. The van der Waals surface area contributed by atoms with Gasteiger partial charge in [0, 0.05) is 25.9 Å². The molecule has 6 heteroatoms. The average Bonchev–Trinajstić information content (AvgIpc) is 3.02. The molecule has 2 aliphatic heterocycles. The number of nitrogens with zero attached hydrogens (tertiary/aromatic N) is 1. The summed E-state index contributed by atoms with van der Waals surface area (Å²) in [6.07, 6.45) is 3.81. The Kier molecular flexibility index (Phi) is 5.16. The molecule has 0 unspecified atom stereocenters. The molecule has 25 heavy (non-hydrogen) atoms. The average molecular weight is 347 g/mol. The molecule has 0 aliphatic carbocycles. The lowest BCUT2D eigenvalue weighted by atomic mass is 9.76. The van der Waals surface area contributed by atoms with Crippen LogP contribution in [0.4, 0.5) is 0 Å². The molecule has 2 aliphatic rings. The summed E-state index contributed by atoms with van der Waals surface area (Å²) >= 11 is 0. The number of aliphatic carboxylic acids is 1. The van der Waals surface area contributed by atoms with E-state index in [1.807, 2.05) is 17.0 Å². The fourth-order valence-corrected chi connectivity index (χ4v) is 3.67. The van der Waals surface area contributed by atoms with E-state index in [2.05, 4.69) is 13.0 Å². The van der Waals surface area contributed by atoms with Crippen molar-refractivity contribution in [3.63, 3.8) is 0 Å². The minimum atomic E-state index is -0.780. The maximum absolute atomic E-state index is 12.2. The summed E-state index contributed by atoms with van der Waals surface area (Å²) < 4.78 is 10.8. The number of benzene rings is 1. The molecule has 0 bridgehead atoms. The third kappa shape index (κ3) is 4.44. The number of ether oxygens (including phenoxy) is 2. The summed E-state index contributed by atoms with van der Waals surface area (Å²) in [5.41, 5.74) is 1.21. The molecule has 0 aromatic heterocycles. The molecule has 1 N–H and O–H groups in total. The summed E-state index contributed by atoms with van der Waals surface area (Å²) in [4.78, 5) is 24.7. The van der Waals surface area contributed by atoms with Crippen LogP contribution in [-0.2, 0) is 16.0 Å². The Hall–Kier alpha value is -2.24. The molecular formula is C19H25NO5. The summed E-state index contributed by atoms with van der Waals surface area (Å²) in [5.74, 6) is 0.974. The van der Waals surface area contributed by atoms with Gasteiger partial charge in [-0.05, 0) is 48.8 Å². The molecular weight excluding hydrogens is 322 g/mol. The lowest BCUT2D eigenvalue weighted by Crippen LogP contribution is -2.46. The van der Waals surface area contributed by atoms with Gasteiger partial charge in [-0.15, -0.1) is 0 Å². The Morgan fingerprint density at radius 2 is 2.08 bits per heavy atom. The highest BCUT2D eigenvalue weighted by molar-refractivity contribution is 5.77. The SMILES string of the molecule is C[C@@]1(Cc2ccc3c(c2)OCO3)CCC(=O)N(CCCCC(=O)O)C1. The molecule has 0 radical (unpaired) electrons. The number of hydrogen-bond acceptors (Lipinski definition) is 4. The first-order chi connectivity index (χ1) is 12.0. The number of hydrogen-bond donors (Lipinski definition) is 1. The third-order valence-electron chi connectivity index (χ3n) is 5.00. The number of carboxylic acids is 1. The highest BCUT2D eigenvalue weighted by Gasteiger charge is 2.35. The van der Waals surface area contributed by atoms with Crippen molar-refractivity contribution in [2.75, 3.05) is 19.9 Å².